The molecule has 128 valence electrons. The zero-order chi connectivity index (χ0) is 17.8. The van der Waals surface area contributed by atoms with Crippen LogP contribution in [0, 0.1) is 6.92 Å². The number of carbonyl (C=O) groups is 2. The zero-order valence-electron chi connectivity index (χ0n) is 13.7. The lowest BCUT2D eigenvalue weighted by Gasteiger charge is -2.07. The van der Waals surface area contributed by atoms with Crippen molar-refractivity contribution in [3.05, 3.63) is 42.2 Å². The Hall–Kier alpha value is -2.94. The molecular weight excluding hydrogens is 340 g/mol. The maximum absolute atomic E-state index is 12.1. The van der Waals surface area contributed by atoms with Gasteiger partial charge in [0.15, 0.2) is 11.5 Å². The lowest BCUT2D eigenvalue weighted by atomic mass is 10.2. The van der Waals surface area contributed by atoms with Crippen molar-refractivity contribution in [1.82, 2.24) is 19.8 Å². The molecule has 2 amide bonds. The zero-order valence-corrected chi connectivity index (χ0v) is 14.5. The number of benzene rings is 1. The molecule has 3 aromatic rings. The Morgan fingerprint density at radius 3 is 2.64 bits per heavy atom. The number of aryl methyl sites for hydroxylation is 1. The van der Waals surface area contributed by atoms with Crippen molar-refractivity contribution in [3.8, 4) is 0 Å². The van der Waals surface area contributed by atoms with Crippen molar-refractivity contribution in [2.45, 2.75) is 18.9 Å². The molecule has 2 aromatic heterocycles. The molecule has 0 bridgehead atoms. The molecule has 0 radical (unpaired) electrons. The van der Waals surface area contributed by atoms with Crippen molar-refractivity contribution in [2.24, 2.45) is 0 Å². The van der Waals surface area contributed by atoms with Gasteiger partial charge in [0.05, 0.1) is 5.75 Å². The minimum atomic E-state index is -0.162. The molecule has 3 rings (SSSR count). The third-order valence-electron chi connectivity index (χ3n) is 3.21. The van der Waals surface area contributed by atoms with Crippen LogP contribution in [0.3, 0.4) is 0 Å². The van der Waals surface area contributed by atoms with E-state index in [1.807, 2.05) is 13.0 Å². The first-order chi connectivity index (χ1) is 12.0. The van der Waals surface area contributed by atoms with Crippen LogP contribution in [0.15, 0.2) is 41.4 Å². The SMILES string of the molecule is CC(=O)Nc1cccc(NC(=O)CSc2ccc3nnc(C)n3n2)c1. The van der Waals surface area contributed by atoms with Gasteiger partial charge in [0.1, 0.15) is 5.03 Å². The molecule has 2 N–H and O–H groups in total. The van der Waals surface area contributed by atoms with E-state index < -0.39 is 0 Å². The fourth-order valence-electron chi connectivity index (χ4n) is 2.17. The second-order valence-corrected chi connectivity index (χ2v) is 6.28. The second kappa shape index (κ2) is 7.31. The number of amides is 2. The molecule has 25 heavy (non-hydrogen) atoms. The van der Waals surface area contributed by atoms with Gasteiger partial charge in [-0.1, -0.05) is 17.8 Å². The van der Waals surface area contributed by atoms with E-state index in [9.17, 15) is 9.59 Å². The minimum Gasteiger partial charge on any atom is -0.326 e. The molecule has 8 nitrogen and oxygen atoms in total. The summed E-state index contributed by atoms with van der Waals surface area (Å²) >= 11 is 1.32. The number of nitrogens with zero attached hydrogens (tertiary/aromatic N) is 4. The van der Waals surface area contributed by atoms with Crippen LogP contribution < -0.4 is 10.6 Å². The monoisotopic (exact) mass is 356 g/mol. The summed E-state index contributed by atoms with van der Waals surface area (Å²) < 4.78 is 1.64. The van der Waals surface area contributed by atoms with E-state index in [1.54, 1.807) is 34.8 Å². The average molecular weight is 356 g/mol. The molecule has 0 saturated heterocycles. The quantitative estimate of drug-likeness (QED) is 0.679. The fourth-order valence-corrected chi connectivity index (χ4v) is 2.83. The molecule has 0 aliphatic rings. The number of hydrogen-bond donors (Lipinski definition) is 2. The first-order valence-corrected chi connectivity index (χ1v) is 8.49. The molecule has 2 heterocycles. The molecule has 0 aliphatic carbocycles. The molecule has 1 aromatic carbocycles. The van der Waals surface area contributed by atoms with E-state index in [1.165, 1.54) is 18.7 Å². The number of hydrogen-bond acceptors (Lipinski definition) is 6. The summed E-state index contributed by atoms with van der Waals surface area (Å²) in [7, 11) is 0. The Morgan fingerprint density at radius 1 is 1.12 bits per heavy atom. The predicted molar refractivity (Wildman–Crippen MR) is 95.6 cm³/mol. The molecule has 0 fully saturated rings. The highest BCUT2D eigenvalue weighted by Crippen LogP contribution is 2.18. The van der Waals surface area contributed by atoms with Gasteiger partial charge in [-0.2, -0.15) is 9.61 Å². The molecule has 0 spiro atoms. The highest BCUT2D eigenvalue weighted by Gasteiger charge is 2.08. The highest BCUT2D eigenvalue weighted by molar-refractivity contribution is 7.99. The first-order valence-electron chi connectivity index (χ1n) is 7.50. The lowest BCUT2D eigenvalue weighted by molar-refractivity contribution is -0.114. The Kier molecular flexibility index (Phi) is 4.94. The Labute approximate surface area is 148 Å². The molecule has 0 atom stereocenters. The molecule has 0 unspecified atom stereocenters. The van der Waals surface area contributed by atoms with Crippen LogP contribution in [0.2, 0.25) is 0 Å². The van der Waals surface area contributed by atoms with E-state index in [0.717, 1.165) is 0 Å². The largest absolute Gasteiger partial charge is 0.326 e. The number of carbonyl (C=O) groups excluding carboxylic acids is 2. The van der Waals surface area contributed by atoms with Crippen LogP contribution in [0.25, 0.3) is 5.65 Å². The maximum Gasteiger partial charge on any atom is 0.234 e. The van der Waals surface area contributed by atoms with E-state index in [4.69, 9.17) is 0 Å². The maximum atomic E-state index is 12.1. The molecular formula is C16H16N6O2S. The van der Waals surface area contributed by atoms with Crippen molar-refractivity contribution >= 4 is 40.6 Å². The van der Waals surface area contributed by atoms with Crippen LogP contribution >= 0.6 is 11.8 Å². The summed E-state index contributed by atoms with van der Waals surface area (Å²) in [5.41, 5.74) is 1.92. The van der Waals surface area contributed by atoms with E-state index >= 15 is 0 Å². The fraction of sp³-hybridized carbons (Fsp3) is 0.188. The van der Waals surface area contributed by atoms with E-state index in [2.05, 4.69) is 25.9 Å². The molecule has 0 saturated carbocycles. The first kappa shape index (κ1) is 16.9. The van der Waals surface area contributed by atoms with Crippen molar-refractivity contribution in [2.75, 3.05) is 16.4 Å². The number of aromatic nitrogens is 4. The Bertz CT molecular complexity index is 939. The van der Waals surface area contributed by atoms with Gasteiger partial charge in [0.2, 0.25) is 11.8 Å². The van der Waals surface area contributed by atoms with Crippen LogP contribution in [-0.4, -0.2) is 37.4 Å². The van der Waals surface area contributed by atoms with Crippen LogP contribution in [0.1, 0.15) is 12.7 Å². The third kappa shape index (κ3) is 4.32. The summed E-state index contributed by atoms with van der Waals surface area (Å²) in [6, 6.07) is 10.6. The van der Waals surface area contributed by atoms with Gasteiger partial charge >= 0.3 is 0 Å². The van der Waals surface area contributed by atoms with Gasteiger partial charge in [-0.15, -0.1) is 10.2 Å². The van der Waals surface area contributed by atoms with Gasteiger partial charge in [-0.25, -0.2) is 0 Å². The molecule has 9 heteroatoms. The Balaban J connectivity index is 1.60. The summed E-state index contributed by atoms with van der Waals surface area (Å²) in [6.07, 6.45) is 0. The van der Waals surface area contributed by atoms with E-state index in [0.29, 0.717) is 27.9 Å². The summed E-state index contributed by atoms with van der Waals surface area (Å²) in [4.78, 5) is 23.2. The standard InChI is InChI=1S/C16H16N6O2S/c1-10-19-20-14-6-7-16(21-22(10)14)25-9-15(24)18-13-5-3-4-12(8-13)17-11(2)23/h3-8H,9H2,1-2H3,(H,17,23)(H,18,24). The smallest absolute Gasteiger partial charge is 0.234 e. The van der Waals surface area contributed by atoms with E-state index in [-0.39, 0.29) is 17.6 Å². The number of nitrogens with one attached hydrogen (secondary N) is 2. The molecule has 0 aliphatic heterocycles. The van der Waals surface area contributed by atoms with Gasteiger partial charge in [-0.3, -0.25) is 9.59 Å². The minimum absolute atomic E-state index is 0.160. The second-order valence-electron chi connectivity index (χ2n) is 5.29. The van der Waals surface area contributed by atoms with Gasteiger partial charge in [-0.05, 0) is 37.3 Å². The van der Waals surface area contributed by atoms with Gasteiger partial charge < -0.3 is 10.6 Å². The number of anilines is 2. The average Bonchev–Trinajstić information content (AvgIpc) is 2.93. The summed E-state index contributed by atoms with van der Waals surface area (Å²) in [5.74, 6) is 0.582. The Morgan fingerprint density at radius 2 is 1.88 bits per heavy atom. The summed E-state index contributed by atoms with van der Waals surface area (Å²) in [5, 5.41) is 18.5. The van der Waals surface area contributed by atoms with Crippen molar-refractivity contribution in [1.29, 1.82) is 0 Å². The normalized spacial score (nSPS) is 10.6. The highest BCUT2D eigenvalue weighted by atomic mass is 32.2. The van der Waals surface area contributed by atoms with Crippen LogP contribution in [0.5, 0.6) is 0 Å². The predicted octanol–water partition coefficient (Wildman–Crippen LogP) is 2.12. The van der Waals surface area contributed by atoms with Crippen LogP contribution in [0.4, 0.5) is 11.4 Å². The third-order valence-corrected chi connectivity index (χ3v) is 4.13. The topological polar surface area (TPSA) is 101 Å². The van der Waals surface area contributed by atoms with Gasteiger partial charge in [0.25, 0.3) is 0 Å². The number of thioether (sulfide) groups is 1. The number of rotatable bonds is 5. The number of fused-ring (bicyclic) bond motifs is 1. The lowest BCUT2D eigenvalue weighted by Crippen LogP contribution is -2.14. The van der Waals surface area contributed by atoms with Crippen LogP contribution in [-0.2, 0) is 9.59 Å². The summed E-state index contributed by atoms with van der Waals surface area (Å²) in [6.45, 7) is 3.25. The van der Waals surface area contributed by atoms with Gasteiger partial charge in [0, 0.05) is 18.3 Å². The van der Waals surface area contributed by atoms with Crippen molar-refractivity contribution in [3.63, 3.8) is 0 Å². The van der Waals surface area contributed by atoms with Crippen molar-refractivity contribution < 1.29 is 9.59 Å².